The molecular weight excluding hydrogens is 244 g/mol. The SMILES string of the molecule is COc1cc(C#N)cc(-c2cnn(C)c2N)c1OC. The van der Waals surface area contributed by atoms with Gasteiger partial charge in [-0.25, -0.2) is 0 Å². The van der Waals surface area contributed by atoms with Gasteiger partial charge in [-0.1, -0.05) is 0 Å². The number of methoxy groups -OCH3 is 2. The molecule has 6 nitrogen and oxygen atoms in total. The minimum absolute atomic E-state index is 0.468. The summed E-state index contributed by atoms with van der Waals surface area (Å²) in [5.74, 6) is 1.51. The standard InChI is InChI=1S/C13H14N4O2/c1-17-13(15)10(7-16-17)9-4-8(6-14)5-11(18-2)12(9)19-3/h4-5,7H,15H2,1-3H3. The van der Waals surface area contributed by atoms with E-state index in [1.807, 2.05) is 0 Å². The number of nitrogens with two attached hydrogens (primary N) is 1. The van der Waals surface area contributed by atoms with Crippen molar-refractivity contribution in [2.45, 2.75) is 0 Å². The molecule has 1 aromatic heterocycles. The summed E-state index contributed by atoms with van der Waals surface area (Å²) in [6, 6.07) is 5.41. The van der Waals surface area contributed by atoms with Crippen LogP contribution in [-0.4, -0.2) is 24.0 Å². The zero-order valence-electron chi connectivity index (χ0n) is 11.0. The van der Waals surface area contributed by atoms with Crippen molar-refractivity contribution in [1.29, 1.82) is 5.26 Å². The summed E-state index contributed by atoms with van der Waals surface area (Å²) in [7, 11) is 4.81. The van der Waals surface area contributed by atoms with Crippen LogP contribution in [0.1, 0.15) is 5.56 Å². The van der Waals surface area contributed by atoms with E-state index in [-0.39, 0.29) is 0 Å². The molecule has 98 valence electrons. The van der Waals surface area contributed by atoms with Crippen molar-refractivity contribution in [1.82, 2.24) is 9.78 Å². The van der Waals surface area contributed by atoms with Gasteiger partial charge in [-0.2, -0.15) is 10.4 Å². The molecule has 19 heavy (non-hydrogen) atoms. The Kier molecular flexibility index (Phi) is 3.29. The maximum Gasteiger partial charge on any atom is 0.168 e. The maximum atomic E-state index is 9.07. The number of rotatable bonds is 3. The van der Waals surface area contributed by atoms with Crippen LogP contribution in [0.5, 0.6) is 11.5 Å². The first-order chi connectivity index (χ1) is 9.12. The molecule has 2 aromatic rings. The summed E-state index contributed by atoms with van der Waals surface area (Å²) in [6.45, 7) is 0. The minimum atomic E-state index is 0.468. The van der Waals surface area contributed by atoms with Crippen LogP contribution in [0.3, 0.4) is 0 Å². The van der Waals surface area contributed by atoms with Gasteiger partial charge in [-0.05, 0) is 6.07 Å². The number of nitrogens with zero attached hydrogens (tertiary/aromatic N) is 3. The fourth-order valence-corrected chi connectivity index (χ4v) is 1.88. The lowest BCUT2D eigenvalue weighted by Gasteiger charge is -2.13. The second-order valence-corrected chi connectivity index (χ2v) is 3.94. The number of nitriles is 1. The molecule has 6 heteroatoms. The highest BCUT2D eigenvalue weighted by atomic mass is 16.5. The van der Waals surface area contributed by atoms with E-state index in [2.05, 4.69) is 11.2 Å². The van der Waals surface area contributed by atoms with E-state index in [1.54, 1.807) is 37.2 Å². The summed E-state index contributed by atoms with van der Waals surface area (Å²) in [4.78, 5) is 0. The predicted molar refractivity (Wildman–Crippen MR) is 70.9 cm³/mol. The molecule has 2 rings (SSSR count). The Morgan fingerprint density at radius 1 is 1.26 bits per heavy atom. The molecule has 0 saturated carbocycles. The number of hydrogen-bond donors (Lipinski definition) is 1. The van der Waals surface area contributed by atoms with E-state index in [0.29, 0.717) is 34.0 Å². The van der Waals surface area contributed by atoms with E-state index in [9.17, 15) is 0 Å². The maximum absolute atomic E-state index is 9.07. The Labute approximate surface area is 111 Å². The largest absolute Gasteiger partial charge is 0.493 e. The van der Waals surface area contributed by atoms with Crippen LogP contribution in [0, 0.1) is 11.3 Å². The Morgan fingerprint density at radius 3 is 2.47 bits per heavy atom. The monoisotopic (exact) mass is 258 g/mol. The highest BCUT2D eigenvalue weighted by Gasteiger charge is 2.18. The number of aryl methyl sites for hydroxylation is 1. The third-order valence-electron chi connectivity index (χ3n) is 2.88. The lowest BCUT2D eigenvalue weighted by atomic mass is 10.0. The van der Waals surface area contributed by atoms with E-state index < -0.39 is 0 Å². The first-order valence-corrected chi connectivity index (χ1v) is 5.56. The van der Waals surface area contributed by atoms with Crippen LogP contribution in [0.25, 0.3) is 11.1 Å². The first-order valence-electron chi connectivity index (χ1n) is 5.56. The van der Waals surface area contributed by atoms with Crippen LogP contribution in [0.4, 0.5) is 5.82 Å². The molecule has 2 N–H and O–H groups in total. The molecule has 0 aliphatic carbocycles. The van der Waals surface area contributed by atoms with Crippen LogP contribution in [0.15, 0.2) is 18.3 Å². The zero-order chi connectivity index (χ0) is 14.0. The van der Waals surface area contributed by atoms with Crippen LogP contribution >= 0.6 is 0 Å². The quantitative estimate of drug-likeness (QED) is 0.902. The summed E-state index contributed by atoms with van der Waals surface area (Å²) >= 11 is 0. The van der Waals surface area contributed by atoms with E-state index >= 15 is 0 Å². The van der Waals surface area contributed by atoms with Gasteiger partial charge < -0.3 is 15.2 Å². The number of anilines is 1. The van der Waals surface area contributed by atoms with Crippen molar-refractivity contribution in [2.24, 2.45) is 7.05 Å². The molecule has 0 unspecified atom stereocenters. The van der Waals surface area contributed by atoms with E-state index in [1.165, 1.54) is 7.11 Å². The van der Waals surface area contributed by atoms with Crippen molar-refractivity contribution >= 4 is 5.82 Å². The summed E-state index contributed by atoms with van der Waals surface area (Å²) < 4.78 is 12.2. The van der Waals surface area contributed by atoms with Crippen molar-refractivity contribution in [2.75, 3.05) is 20.0 Å². The molecule has 1 heterocycles. The van der Waals surface area contributed by atoms with Crippen molar-refractivity contribution in [3.63, 3.8) is 0 Å². The van der Waals surface area contributed by atoms with E-state index in [0.717, 1.165) is 0 Å². The molecule has 0 aliphatic rings. The molecule has 0 aliphatic heterocycles. The van der Waals surface area contributed by atoms with Crippen molar-refractivity contribution < 1.29 is 9.47 Å². The van der Waals surface area contributed by atoms with Gasteiger partial charge in [0.1, 0.15) is 5.82 Å². The summed E-state index contributed by atoms with van der Waals surface area (Å²) in [5, 5.41) is 13.2. The van der Waals surface area contributed by atoms with Gasteiger partial charge in [-0.3, -0.25) is 4.68 Å². The fraction of sp³-hybridized carbons (Fsp3) is 0.231. The smallest absolute Gasteiger partial charge is 0.168 e. The molecule has 1 aromatic carbocycles. The van der Waals surface area contributed by atoms with Crippen LogP contribution in [0.2, 0.25) is 0 Å². The van der Waals surface area contributed by atoms with Crippen LogP contribution < -0.4 is 15.2 Å². The number of hydrogen-bond acceptors (Lipinski definition) is 5. The fourth-order valence-electron chi connectivity index (χ4n) is 1.88. The lowest BCUT2D eigenvalue weighted by Crippen LogP contribution is -1.99. The lowest BCUT2D eigenvalue weighted by molar-refractivity contribution is 0.356. The number of nitrogen functional groups attached to an aromatic ring is 1. The summed E-state index contributed by atoms with van der Waals surface area (Å²) in [6.07, 6.45) is 1.63. The average Bonchev–Trinajstić information content (AvgIpc) is 2.77. The Balaban J connectivity index is 2.74. The molecule has 0 bridgehead atoms. The Bertz CT molecular complexity index is 655. The summed E-state index contributed by atoms with van der Waals surface area (Å²) in [5.41, 5.74) is 7.82. The van der Waals surface area contributed by atoms with Gasteiger partial charge in [0.05, 0.1) is 32.0 Å². The van der Waals surface area contributed by atoms with Crippen LogP contribution in [-0.2, 0) is 7.05 Å². The third-order valence-corrected chi connectivity index (χ3v) is 2.88. The highest BCUT2D eigenvalue weighted by molar-refractivity contribution is 5.81. The molecule has 0 saturated heterocycles. The molecule has 0 fully saturated rings. The van der Waals surface area contributed by atoms with Gasteiger partial charge in [0.25, 0.3) is 0 Å². The first kappa shape index (κ1) is 12.8. The second kappa shape index (κ2) is 4.90. The topological polar surface area (TPSA) is 86.1 Å². The molecule has 0 atom stereocenters. The van der Waals surface area contributed by atoms with Gasteiger partial charge in [0.2, 0.25) is 0 Å². The molecule has 0 radical (unpaired) electrons. The average molecular weight is 258 g/mol. The normalized spacial score (nSPS) is 10.0. The van der Waals surface area contributed by atoms with Crippen molar-refractivity contribution in [3.8, 4) is 28.7 Å². The Morgan fingerprint density at radius 2 is 2.00 bits per heavy atom. The predicted octanol–water partition coefficient (Wildman–Crippen LogP) is 1.56. The second-order valence-electron chi connectivity index (χ2n) is 3.94. The van der Waals surface area contributed by atoms with Gasteiger partial charge in [-0.15, -0.1) is 0 Å². The highest BCUT2D eigenvalue weighted by Crippen LogP contribution is 2.40. The van der Waals surface area contributed by atoms with Crippen molar-refractivity contribution in [3.05, 3.63) is 23.9 Å². The molecular formula is C13H14N4O2. The van der Waals surface area contributed by atoms with Gasteiger partial charge >= 0.3 is 0 Å². The minimum Gasteiger partial charge on any atom is -0.493 e. The Hall–Kier alpha value is -2.68. The third kappa shape index (κ3) is 2.06. The number of benzene rings is 1. The van der Waals surface area contributed by atoms with E-state index in [4.69, 9.17) is 20.5 Å². The zero-order valence-corrected chi connectivity index (χ0v) is 11.0. The number of ether oxygens (including phenoxy) is 2. The number of aromatic nitrogens is 2. The molecule has 0 amide bonds. The molecule has 0 spiro atoms. The van der Waals surface area contributed by atoms with Gasteiger partial charge in [0.15, 0.2) is 11.5 Å². The van der Waals surface area contributed by atoms with Gasteiger partial charge in [0, 0.05) is 24.2 Å².